The van der Waals surface area contributed by atoms with Crippen LogP contribution in [-0.4, -0.2) is 49.4 Å². The van der Waals surface area contributed by atoms with E-state index in [1.54, 1.807) is 41.5 Å². The molecular weight excluding hydrogens is 284 g/mol. The van der Waals surface area contributed by atoms with E-state index in [0.717, 1.165) is 0 Å². The zero-order valence-corrected chi connectivity index (χ0v) is 15.6. The molecule has 0 aromatic heterocycles. The zero-order valence-electron chi connectivity index (χ0n) is 13.6. The normalized spacial score (nSPS) is 12.3. The van der Waals surface area contributed by atoms with E-state index in [4.69, 9.17) is 14.6 Å². The van der Waals surface area contributed by atoms with E-state index in [-0.39, 0.29) is 51.0 Å². The second-order valence-electron chi connectivity index (χ2n) is 6.32. The number of aliphatic hydroxyl groups excluding tert-OH is 1. The van der Waals surface area contributed by atoms with Crippen LogP contribution in [0, 0.1) is 0 Å². The van der Waals surface area contributed by atoms with Crippen molar-refractivity contribution >= 4 is 20.5 Å². The smallest absolute Gasteiger partial charge is 0.460 e. The maximum Gasteiger partial charge on any atom is 1.00 e. The van der Waals surface area contributed by atoms with Crippen molar-refractivity contribution in [1.82, 2.24) is 5.32 Å². The van der Waals surface area contributed by atoms with E-state index >= 15 is 0 Å². The first-order chi connectivity index (χ1) is 8.43. The van der Waals surface area contributed by atoms with Gasteiger partial charge in [0.05, 0.1) is 19.1 Å². The van der Waals surface area contributed by atoms with Crippen LogP contribution in [0.3, 0.4) is 0 Å². The summed E-state index contributed by atoms with van der Waals surface area (Å²) in [6, 6.07) is -0.718. The van der Waals surface area contributed by atoms with Gasteiger partial charge >= 0.3 is 41.6 Å². The number of amides is 1. The minimum atomic E-state index is -0.718. The van der Waals surface area contributed by atoms with Crippen LogP contribution in [0.2, 0.25) is 0 Å². The van der Waals surface area contributed by atoms with Gasteiger partial charge in [0.15, 0.2) is 0 Å². The maximum absolute atomic E-state index is 11.6. The summed E-state index contributed by atoms with van der Waals surface area (Å²) in [6.07, 6.45) is -0.775. The molecule has 0 spiro atoms. The van der Waals surface area contributed by atoms with Gasteiger partial charge in [0, 0.05) is 0 Å². The summed E-state index contributed by atoms with van der Waals surface area (Å²) in [4.78, 5) is 23.1. The number of aliphatic hydroxyl groups is 1. The summed E-state index contributed by atoms with van der Waals surface area (Å²) in [5, 5.41) is 11.6. The molecule has 0 saturated heterocycles. The van der Waals surface area contributed by atoms with Crippen LogP contribution >= 0.6 is 0 Å². The van der Waals surface area contributed by atoms with E-state index in [1.165, 1.54) is 0 Å². The Bertz CT molecular complexity index is 296. The van der Waals surface area contributed by atoms with Crippen LogP contribution in [0.5, 0.6) is 0 Å². The predicted molar refractivity (Wildman–Crippen MR) is 82.0 cm³/mol. The van der Waals surface area contributed by atoms with Crippen molar-refractivity contribution in [3.8, 4) is 0 Å². The van der Waals surface area contributed by atoms with E-state index < -0.39 is 29.3 Å². The van der Waals surface area contributed by atoms with Crippen molar-refractivity contribution in [1.29, 1.82) is 0 Å². The van der Waals surface area contributed by atoms with Gasteiger partial charge in [0.1, 0.15) is 11.2 Å². The largest absolute Gasteiger partial charge is 1.00 e. The second kappa shape index (κ2) is 10.5. The Kier molecular flexibility index (Phi) is 12.8. The molecule has 2 N–H and O–H groups in total. The van der Waals surface area contributed by atoms with Gasteiger partial charge in [-0.05, 0) is 41.5 Å². The van der Waals surface area contributed by atoms with Gasteiger partial charge in [-0.1, -0.05) is 8.41 Å². The van der Waals surface area contributed by atoms with E-state index in [0.29, 0.717) is 0 Å². The Balaban J connectivity index is -0.00000162. The third-order valence-electron chi connectivity index (χ3n) is 1.77. The van der Waals surface area contributed by atoms with Crippen molar-refractivity contribution in [2.75, 3.05) is 6.61 Å². The molecule has 1 atom stereocenters. The predicted octanol–water partition coefficient (Wildman–Crippen LogP) is -2.84. The molecule has 6 nitrogen and oxygen atoms in total. The van der Waals surface area contributed by atoms with Gasteiger partial charge in [-0.2, -0.15) is 0 Å². The molecule has 1 amide bonds. The van der Waals surface area contributed by atoms with E-state index in [1.807, 2.05) is 0 Å². The Labute approximate surface area is 151 Å². The summed E-state index contributed by atoms with van der Waals surface area (Å²) in [5.41, 5.74) is -1.22. The van der Waals surface area contributed by atoms with Crippen LogP contribution in [0.1, 0.15) is 48.0 Å². The minimum absolute atomic E-state index is 0. The van der Waals surface area contributed by atoms with Gasteiger partial charge in [0.2, 0.25) is 0 Å². The molecule has 0 aliphatic heterocycles. The SMILES string of the molecule is CC(C)(C)OC(=O)C[C@H](CO)NC(=O)OC(C)(C)C.[BH4-].[Na+]. The first-order valence-corrected chi connectivity index (χ1v) is 6.25. The van der Waals surface area contributed by atoms with E-state index in [9.17, 15) is 9.59 Å². The number of alkyl carbamates (subject to hydrolysis) is 1. The Morgan fingerprint density at radius 1 is 1.05 bits per heavy atom. The molecule has 0 aromatic rings. The number of nitrogens with one attached hydrogen (secondary N) is 1. The quantitative estimate of drug-likeness (QED) is 0.431. The first kappa shape index (κ1) is 25.7. The molecule has 0 unspecified atom stereocenters. The average molecular weight is 313 g/mol. The third-order valence-corrected chi connectivity index (χ3v) is 1.77. The Hall–Kier alpha value is -0.235. The van der Waals surface area contributed by atoms with Crippen LogP contribution in [0.4, 0.5) is 4.79 Å². The molecule has 120 valence electrons. The molecule has 0 rings (SSSR count). The molecule has 0 radical (unpaired) electrons. The molecule has 21 heavy (non-hydrogen) atoms. The topological polar surface area (TPSA) is 84.9 Å². The average Bonchev–Trinajstić information content (AvgIpc) is 2.10. The first-order valence-electron chi connectivity index (χ1n) is 6.25. The van der Waals surface area contributed by atoms with Crippen molar-refractivity contribution in [2.45, 2.75) is 65.2 Å². The summed E-state index contributed by atoms with van der Waals surface area (Å²) in [7, 11) is 0. The molecule has 0 aromatic carbocycles. The summed E-state index contributed by atoms with van der Waals surface area (Å²) in [5.74, 6) is -0.484. The molecule has 0 heterocycles. The van der Waals surface area contributed by atoms with Crippen LogP contribution in [0.15, 0.2) is 0 Å². The van der Waals surface area contributed by atoms with E-state index in [2.05, 4.69) is 5.32 Å². The monoisotopic (exact) mass is 313 g/mol. The van der Waals surface area contributed by atoms with Gasteiger partial charge in [0.25, 0.3) is 0 Å². The number of hydrogen-bond acceptors (Lipinski definition) is 5. The van der Waals surface area contributed by atoms with Crippen LogP contribution in [-0.2, 0) is 14.3 Å². The summed E-state index contributed by atoms with van der Waals surface area (Å²) >= 11 is 0. The van der Waals surface area contributed by atoms with Crippen LogP contribution < -0.4 is 34.9 Å². The van der Waals surface area contributed by atoms with Crippen molar-refractivity contribution < 1.29 is 53.7 Å². The fourth-order valence-electron chi connectivity index (χ4n) is 1.22. The number of rotatable bonds is 4. The molecule has 0 saturated carbocycles. The number of ether oxygens (including phenoxy) is 2. The molecule has 8 heteroatoms. The molecule has 0 fully saturated rings. The number of hydrogen-bond donors (Lipinski definition) is 2. The summed E-state index contributed by atoms with van der Waals surface area (Å²) < 4.78 is 10.1. The zero-order chi connectivity index (χ0) is 15.3. The van der Waals surface area contributed by atoms with Gasteiger partial charge in [-0.25, -0.2) is 4.79 Å². The second-order valence-corrected chi connectivity index (χ2v) is 6.32. The molecule has 0 aliphatic rings. The Morgan fingerprint density at radius 2 is 1.48 bits per heavy atom. The van der Waals surface area contributed by atoms with Gasteiger partial charge < -0.3 is 19.9 Å². The number of carbonyl (C=O) groups is 2. The molecule has 0 aliphatic carbocycles. The minimum Gasteiger partial charge on any atom is -0.460 e. The standard InChI is InChI=1S/C13H25NO5.BH4.Na/c1-12(2,3)18-10(16)7-9(8-15)14-11(17)19-13(4,5)6;;/h9,15H,7-8H2,1-6H3,(H,14,17);1H4;/q;-1;+1/t9-;;/m1../s1. The van der Waals surface area contributed by atoms with Gasteiger partial charge in [-0.15, -0.1) is 0 Å². The number of carbonyl (C=O) groups excluding carboxylic acids is 2. The maximum atomic E-state index is 11.6. The summed E-state index contributed by atoms with van der Waals surface area (Å²) in [6.45, 7) is 10.1. The fraction of sp³-hybridized carbons (Fsp3) is 0.846. The van der Waals surface area contributed by atoms with Crippen molar-refractivity contribution in [3.05, 3.63) is 0 Å². The molecule has 0 bridgehead atoms. The van der Waals surface area contributed by atoms with Gasteiger partial charge in [-0.3, -0.25) is 4.79 Å². The van der Waals surface area contributed by atoms with Crippen molar-refractivity contribution in [3.63, 3.8) is 0 Å². The van der Waals surface area contributed by atoms with Crippen LogP contribution in [0.25, 0.3) is 0 Å². The fourth-order valence-corrected chi connectivity index (χ4v) is 1.22. The Morgan fingerprint density at radius 3 is 1.81 bits per heavy atom. The number of esters is 1. The third kappa shape index (κ3) is 16.0. The molecular formula is C13H29BNNaO5. The van der Waals surface area contributed by atoms with Crippen molar-refractivity contribution in [2.24, 2.45) is 0 Å².